The molecule has 0 fully saturated rings. The summed E-state index contributed by atoms with van der Waals surface area (Å²) in [6.07, 6.45) is 0. The van der Waals surface area contributed by atoms with Crippen LogP contribution in [0.1, 0.15) is 69.5 Å². The molecule has 0 saturated heterocycles. The van der Waals surface area contributed by atoms with Crippen LogP contribution in [-0.4, -0.2) is 9.13 Å². The molecule has 5 aliphatic rings. The maximum absolute atomic E-state index is 7.73. The van der Waals surface area contributed by atoms with E-state index in [-0.39, 0.29) is 5.41 Å². The van der Waals surface area contributed by atoms with Gasteiger partial charge in [-0.05, 0) is 240 Å². The molecule has 0 bridgehead atoms. The molecule has 6 nitrogen and oxygen atoms in total. The summed E-state index contributed by atoms with van der Waals surface area (Å²) in [5, 5.41) is 4.54. The van der Waals surface area contributed by atoms with Gasteiger partial charge in [0.1, 0.15) is 23.0 Å². The summed E-state index contributed by atoms with van der Waals surface area (Å²) >= 11 is 0. The van der Waals surface area contributed by atoms with Crippen LogP contribution in [0.3, 0.4) is 0 Å². The van der Waals surface area contributed by atoms with Gasteiger partial charge in [0.05, 0.1) is 44.3 Å². The lowest BCUT2D eigenvalue weighted by Crippen LogP contribution is -2.32. The van der Waals surface area contributed by atoms with Gasteiger partial charge in [-0.1, -0.05) is 335 Å². The van der Waals surface area contributed by atoms with Gasteiger partial charge in [0.15, 0.2) is 0 Å². The van der Waals surface area contributed by atoms with E-state index in [9.17, 15) is 0 Å². The van der Waals surface area contributed by atoms with Gasteiger partial charge in [0.2, 0.25) is 0 Å². The molecule has 0 N–H and O–H groups in total. The van der Waals surface area contributed by atoms with Crippen LogP contribution in [0.5, 0.6) is 23.0 Å². The SMILES string of the molecule is CC1(C)c2ccccc2-c2ccc(N(c3ccc(-n4c5ccccc5c5cc6c(cc54)C4(c5ccc(-c7ccc(N(c8ccc(-c9ccccc9)cc8)c8ccc(-n9c%10ccccc%10c%10cc%11c(cc%109)C9(c%10ccccc%10O%11)c%10ccccc%10-c%10ccccc%109)cc8)c(-c8ccccc8)c7)cc5O6)c5ccccc5-c5ccccc54)cc3)c3ccccc3-c3ccccc3)cc21. The number of benzene rings is 20. The summed E-state index contributed by atoms with van der Waals surface area (Å²) in [6, 6.07) is 171. The highest BCUT2D eigenvalue weighted by atomic mass is 16.5. The Balaban J connectivity index is 0.596. The minimum atomic E-state index is -0.779. The highest BCUT2D eigenvalue weighted by molar-refractivity contribution is 6.13. The fraction of sp³-hybridized carbons (Fsp3) is 0.0400. The first-order valence-electron chi connectivity index (χ1n) is 45.4. The number of aromatic nitrogens is 2. The molecule has 614 valence electrons. The Morgan fingerprint density at radius 1 is 0.191 bits per heavy atom. The van der Waals surface area contributed by atoms with Crippen molar-refractivity contribution < 1.29 is 9.47 Å². The predicted octanol–water partition coefficient (Wildman–Crippen LogP) is 32.7. The van der Waals surface area contributed by atoms with Crippen LogP contribution in [-0.2, 0) is 16.2 Å². The van der Waals surface area contributed by atoms with E-state index >= 15 is 0 Å². The predicted molar refractivity (Wildman–Crippen MR) is 539 cm³/mol. The van der Waals surface area contributed by atoms with Crippen LogP contribution in [0, 0.1) is 0 Å². The number of rotatable bonds is 12. The standard InChI is InChI=1S/C125H82N4O2/c1-123(2)103-44-20-12-37-92(103)97-69-68-90(74-110(97)123)127(113-50-26-17-36-91(113)81-32-8-4-9-33-81)87-62-66-89(67-63-87)129-115-52-28-19-43-99(115)102-76-122-112(78-118(102)129)125(106-47-23-15-40-95(106)96-41-16-24-48-107(96)125)109-70-56-84(73-120(109)131-122)83-57-71-116(100(72-83)82-34-10-5-11-35-82)126(85-58-54-80(55-59-85)79-30-6-3-7-31-79)86-60-64-88(65-61-86)128-114-51-27-18-42-98(114)101-75-121-111(77-117(101)128)124(108-49-25-29-53-119(108)130-121)104-45-21-13-38-93(104)94-39-14-22-46-105(94)124/h3-78H,1-2H3. The van der Waals surface area contributed by atoms with Gasteiger partial charge < -0.3 is 28.4 Å². The van der Waals surface area contributed by atoms with Crippen LogP contribution < -0.4 is 19.3 Å². The molecular weight excluding hydrogens is 1590 g/mol. The largest absolute Gasteiger partial charge is 0.457 e. The van der Waals surface area contributed by atoms with E-state index in [1.54, 1.807) is 0 Å². The van der Waals surface area contributed by atoms with Gasteiger partial charge in [0.25, 0.3) is 0 Å². The topological polar surface area (TPSA) is 34.8 Å². The highest BCUT2D eigenvalue weighted by Crippen LogP contribution is 2.66. The monoisotopic (exact) mass is 1670 g/mol. The third kappa shape index (κ3) is 10.8. The maximum atomic E-state index is 7.73. The molecule has 2 aromatic heterocycles. The summed E-state index contributed by atoms with van der Waals surface area (Å²) in [5.74, 6) is 3.38. The van der Waals surface area contributed by atoms with Crippen molar-refractivity contribution in [1.82, 2.24) is 9.13 Å². The molecule has 6 heteroatoms. The molecule has 3 aliphatic carbocycles. The highest BCUT2D eigenvalue weighted by Gasteiger charge is 2.54. The van der Waals surface area contributed by atoms with Crippen molar-refractivity contribution in [3.05, 3.63) is 517 Å². The number of fused-ring (bicyclic) bond motifs is 27. The zero-order valence-electron chi connectivity index (χ0n) is 72.0. The first kappa shape index (κ1) is 74.4. The minimum Gasteiger partial charge on any atom is -0.457 e. The molecule has 2 spiro atoms. The summed E-state index contributed by atoms with van der Waals surface area (Å²) < 4.78 is 19.8. The normalized spacial score (nSPS) is 13.7. The molecule has 0 atom stereocenters. The Hall–Kier alpha value is -16.8. The smallest absolute Gasteiger partial charge is 0.133 e. The molecule has 0 saturated carbocycles. The van der Waals surface area contributed by atoms with Gasteiger partial charge in [-0.3, -0.25) is 0 Å². The van der Waals surface area contributed by atoms with Gasteiger partial charge in [-0.2, -0.15) is 0 Å². The fourth-order valence-electron chi connectivity index (χ4n) is 23.3. The fourth-order valence-corrected chi connectivity index (χ4v) is 23.3. The molecular formula is C125H82N4O2. The average Bonchev–Trinajstić information content (AvgIpc) is 1.54. The quantitative estimate of drug-likeness (QED) is 0.122. The summed E-state index contributed by atoms with van der Waals surface area (Å²) in [4.78, 5) is 4.90. The van der Waals surface area contributed by atoms with Gasteiger partial charge >= 0.3 is 0 Å². The average molecular weight is 1670 g/mol. The Bertz CT molecular complexity index is 8400. The number of ether oxygens (including phenoxy) is 2. The zero-order chi connectivity index (χ0) is 86.4. The zero-order valence-corrected chi connectivity index (χ0v) is 72.0. The summed E-state index contributed by atoms with van der Waals surface area (Å²) in [7, 11) is 0. The Morgan fingerprint density at radius 3 is 1.08 bits per heavy atom. The van der Waals surface area contributed by atoms with Crippen LogP contribution in [0.15, 0.2) is 461 Å². The van der Waals surface area contributed by atoms with Crippen LogP contribution in [0.4, 0.5) is 34.1 Å². The lowest BCUT2D eigenvalue weighted by molar-refractivity contribution is 0.437. The van der Waals surface area contributed by atoms with Crippen molar-refractivity contribution in [1.29, 1.82) is 0 Å². The van der Waals surface area contributed by atoms with Crippen LogP contribution in [0.2, 0.25) is 0 Å². The second-order valence-electron chi connectivity index (χ2n) is 36.0. The Labute approximate surface area is 760 Å². The van der Waals surface area contributed by atoms with Crippen molar-refractivity contribution >= 4 is 77.7 Å². The van der Waals surface area contributed by atoms with Gasteiger partial charge in [-0.15, -0.1) is 0 Å². The van der Waals surface area contributed by atoms with Crippen LogP contribution >= 0.6 is 0 Å². The third-order valence-electron chi connectivity index (χ3n) is 29.1. The number of anilines is 6. The number of para-hydroxylation sites is 4. The molecule has 27 rings (SSSR count). The molecule has 20 aromatic carbocycles. The van der Waals surface area contributed by atoms with Crippen molar-refractivity contribution in [2.75, 3.05) is 9.80 Å². The van der Waals surface area contributed by atoms with Crippen molar-refractivity contribution in [2.24, 2.45) is 0 Å². The van der Waals surface area contributed by atoms with E-state index in [4.69, 9.17) is 9.47 Å². The molecule has 2 aliphatic heterocycles. The third-order valence-corrected chi connectivity index (χ3v) is 29.1. The van der Waals surface area contributed by atoms with Crippen molar-refractivity contribution in [3.8, 4) is 112 Å². The second-order valence-corrected chi connectivity index (χ2v) is 36.0. The lowest BCUT2D eigenvalue weighted by atomic mass is 9.65. The minimum absolute atomic E-state index is 0.191. The molecule has 131 heavy (non-hydrogen) atoms. The maximum Gasteiger partial charge on any atom is 0.133 e. The molecule has 22 aromatic rings. The second kappa shape index (κ2) is 28.6. The van der Waals surface area contributed by atoms with E-state index in [1.807, 2.05) is 0 Å². The van der Waals surface area contributed by atoms with E-state index in [2.05, 4.69) is 494 Å². The van der Waals surface area contributed by atoms with E-state index in [0.29, 0.717) is 0 Å². The first-order chi connectivity index (χ1) is 64.7. The molecule has 0 unspecified atom stereocenters. The number of hydrogen-bond donors (Lipinski definition) is 0. The molecule has 0 amide bonds. The van der Waals surface area contributed by atoms with Crippen molar-refractivity contribution in [3.63, 3.8) is 0 Å². The molecule has 0 radical (unpaired) electrons. The molecule has 4 heterocycles. The van der Waals surface area contributed by atoms with Gasteiger partial charge in [-0.25, -0.2) is 0 Å². The van der Waals surface area contributed by atoms with E-state index in [0.717, 1.165) is 179 Å². The Kier molecular flexibility index (Phi) is 16.3. The Morgan fingerprint density at radius 2 is 0.542 bits per heavy atom. The van der Waals surface area contributed by atoms with Crippen LogP contribution in [0.25, 0.3) is 133 Å². The lowest BCUT2D eigenvalue weighted by Gasteiger charge is -2.39. The number of hydrogen-bond acceptors (Lipinski definition) is 4. The van der Waals surface area contributed by atoms with Gasteiger partial charge in [0, 0.05) is 94.5 Å². The van der Waals surface area contributed by atoms with E-state index < -0.39 is 10.8 Å². The summed E-state index contributed by atoms with van der Waals surface area (Å²) in [5.41, 5.74) is 39.8. The van der Waals surface area contributed by atoms with Crippen molar-refractivity contribution in [2.45, 2.75) is 30.1 Å². The van der Waals surface area contributed by atoms with E-state index in [1.165, 1.54) is 66.8 Å². The summed E-state index contributed by atoms with van der Waals surface area (Å²) in [6.45, 7) is 4.74. The first-order valence-corrected chi connectivity index (χ1v) is 45.4. The number of nitrogens with zero attached hydrogens (tertiary/aromatic N) is 4.